The number of piperidine rings is 1. The van der Waals surface area contributed by atoms with Gasteiger partial charge in [0.1, 0.15) is 23.8 Å². The van der Waals surface area contributed by atoms with Crippen molar-refractivity contribution in [3.05, 3.63) is 47.4 Å². The molecule has 0 radical (unpaired) electrons. The average molecular weight is 505 g/mol. The predicted octanol–water partition coefficient (Wildman–Crippen LogP) is 4.10. The molecule has 1 atom stereocenters. The second kappa shape index (κ2) is 9.05. The van der Waals surface area contributed by atoms with Crippen LogP contribution in [0.1, 0.15) is 37.4 Å². The van der Waals surface area contributed by atoms with Crippen LogP contribution in [0.25, 0.3) is 16.6 Å². The fraction of sp³-hybridized carbons (Fsp3) is 0.462. The van der Waals surface area contributed by atoms with Gasteiger partial charge in [0.2, 0.25) is 0 Å². The smallest absolute Gasteiger partial charge is 0.160 e. The van der Waals surface area contributed by atoms with Gasteiger partial charge < -0.3 is 19.4 Å². The summed E-state index contributed by atoms with van der Waals surface area (Å²) in [6.45, 7) is 6.20. The van der Waals surface area contributed by atoms with Crippen LogP contribution < -0.4 is 14.7 Å². The van der Waals surface area contributed by atoms with Crippen LogP contribution in [0.2, 0.25) is 5.02 Å². The number of ether oxygens (including phenoxy) is 1. The zero-order chi connectivity index (χ0) is 24.1. The van der Waals surface area contributed by atoms with Gasteiger partial charge in [0.25, 0.3) is 0 Å². The van der Waals surface area contributed by atoms with Crippen molar-refractivity contribution >= 4 is 45.6 Å². The summed E-state index contributed by atoms with van der Waals surface area (Å²) < 4.78 is 7.65. The molecular formula is C26H29ClN8O. The normalized spacial score (nSPS) is 20.8. The number of aromatic nitrogens is 5. The van der Waals surface area contributed by atoms with Gasteiger partial charge >= 0.3 is 0 Å². The van der Waals surface area contributed by atoms with E-state index in [-0.39, 0.29) is 6.04 Å². The van der Waals surface area contributed by atoms with Crippen molar-refractivity contribution < 1.29 is 4.74 Å². The highest BCUT2D eigenvalue weighted by atomic mass is 35.5. The molecule has 0 amide bonds. The third-order valence-corrected chi connectivity index (χ3v) is 7.95. The van der Waals surface area contributed by atoms with Crippen LogP contribution in [0.15, 0.2) is 36.7 Å². The minimum Gasteiger partial charge on any atom is -0.378 e. The monoisotopic (exact) mass is 504 g/mol. The molecule has 6 heterocycles. The molecular weight excluding hydrogens is 476 g/mol. The fourth-order valence-corrected chi connectivity index (χ4v) is 5.87. The van der Waals surface area contributed by atoms with E-state index in [1.807, 2.05) is 22.7 Å². The Hall–Kier alpha value is -3.17. The van der Waals surface area contributed by atoms with Crippen molar-refractivity contribution in [1.82, 2.24) is 24.6 Å². The number of halogens is 1. The Labute approximate surface area is 214 Å². The quantitative estimate of drug-likeness (QED) is 0.411. The molecule has 10 heteroatoms. The zero-order valence-electron chi connectivity index (χ0n) is 20.2. The number of hydrogen-bond acceptors (Lipinski definition) is 8. The third kappa shape index (κ3) is 3.72. The van der Waals surface area contributed by atoms with Crippen LogP contribution in [0, 0.1) is 0 Å². The molecule has 1 aromatic carbocycles. The summed E-state index contributed by atoms with van der Waals surface area (Å²) in [5.74, 6) is 3.01. The Morgan fingerprint density at radius 3 is 2.64 bits per heavy atom. The highest BCUT2D eigenvalue weighted by Crippen LogP contribution is 2.39. The molecule has 3 aliphatic rings. The van der Waals surface area contributed by atoms with Crippen LogP contribution in [-0.2, 0) is 4.74 Å². The van der Waals surface area contributed by atoms with E-state index in [1.165, 1.54) is 6.42 Å². The molecule has 4 aromatic rings. The van der Waals surface area contributed by atoms with Gasteiger partial charge in [-0.15, -0.1) is 0 Å². The third-order valence-electron chi connectivity index (χ3n) is 7.64. The molecule has 186 valence electrons. The molecule has 0 bridgehead atoms. The number of nitrogens with zero attached hydrogens (tertiary/aromatic N) is 8. The van der Waals surface area contributed by atoms with Crippen molar-refractivity contribution in [2.24, 2.45) is 0 Å². The molecule has 3 fully saturated rings. The molecule has 3 aliphatic heterocycles. The first-order chi connectivity index (χ1) is 17.8. The molecule has 0 aliphatic carbocycles. The van der Waals surface area contributed by atoms with Crippen LogP contribution in [-0.4, -0.2) is 70.5 Å². The molecule has 1 unspecified atom stereocenters. The summed E-state index contributed by atoms with van der Waals surface area (Å²) in [4.78, 5) is 21.3. The largest absolute Gasteiger partial charge is 0.378 e. The molecule has 3 aromatic heterocycles. The van der Waals surface area contributed by atoms with Gasteiger partial charge in [-0.25, -0.2) is 15.0 Å². The average Bonchev–Trinajstić information content (AvgIpc) is 3.32. The minimum absolute atomic E-state index is 0.0971. The van der Waals surface area contributed by atoms with Crippen molar-refractivity contribution in [2.75, 3.05) is 60.6 Å². The molecule has 9 nitrogen and oxygen atoms in total. The molecule has 0 saturated carbocycles. The zero-order valence-corrected chi connectivity index (χ0v) is 20.9. The van der Waals surface area contributed by atoms with Crippen LogP contribution >= 0.6 is 11.6 Å². The summed E-state index contributed by atoms with van der Waals surface area (Å²) in [5.41, 5.74) is 2.78. The lowest BCUT2D eigenvalue weighted by Crippen LogP contribution is -2.40. The van der Waals surface area contributed by atoms with Crippen LogP contribution in [0.3, 0.4) is 0 Å². The Bertz CT molecular complexity index is 1410. The second-order valence-corrected chi connectivity index (χ2v) is 10.2. The SMILES string of the molecule is Clc1cccc2ncnc(N3CCCCC3c3cc4nc(N5CCC5)cc(N5CCOCC5)n4n3)c12. The van der Waals surface area contributed by atoms with E-state index in [4.69, 9.17) is 31.4 Å². The Morgan fingerprint density at radius 2 is 1.81 bits per heavy atom. The van der Waals surface area contributed by atoms with E-state index in [0.29, 0.717) is 5.02 Å². The van der Waals surface area contributed by atoms with E-state index in [2.05, 4.69) is 31.8 Å². The number of morpholine rings is 1. The highest BCUT2D eigenvalue weighted by Gasteiger charge is 2.30. The van der Waals surface area contributed by atoms with Crippen molar-refractivity contribution in [3.63, 3.8) is 0 Å². The Morgan fingerprint density at radius 1 is 0.917 bits per heavy atom. The number of rotatable bonds is 4. The number of hydrogen-bond donors (Lipinski definition) is 0. The minimum atomic E-state index is 0.0971. The highest BCUT2D eigenvalue weighted by molar-refractivity contribution is 6.36. The molecule has 7 rings (SSSR count). The summed E-state index contributed by atoms with van der Waals surface area (Å²) in [5, 5.41) is 6.75. The van der Waals surface area contributed by atoms with E-state index in [0.717, 1.165) is 105 Å². The lowest BCUT2D eigenvalue weighted by atomic mass is 9.99. The van der Waals surface area contributed by atoms with Crippen molar-refractivity contribution in [3.8, 4) is 0 Å². The summed E-state index contributed by atoms with van der Waals surface area (Å²) >= 11 is 6.66. The van der Waals surface area contributed by atoms with Gasteiger partial charge in [-0.05, 0) is 37.8 Å². The van der Waals surface area contributed by atoms with Crippen LogP contribution in [0.5, 0.6) is 0 Å². The fourth-order valence-electron chi connectivity index (χ4n) is 5.61. The van der Waals surface area contributed by atoms with Gasteiger partial charge in [-0.1, -0.05) is 17.7 Å². The lowest BCUT2D eigenvalue weighted by molar-refractivity contribution is 0.122. The van der Waals surface area contributed by atoms with E-state index >= 15 is 0 Å². The van der Waals surface area contributed by atoms with Gasteiger partial charge in [-0.2, -0.15) is 9.61 Å². The second-order valence-electron chi connectivity index (χ2n) is 9.79. The number of anilines is 3. The maximum Gasteiger partial charge on any atom is 0.160 e. The first-order valence-corrected chi connectivity index (χ1v) is 13.3. The van der Waals surface area contributed by atoms with Crippen LogP contribution in [0.4, 0.5) is 17.5 Å². The molecule has 3 saturated heterocycles. The van der Waals surface area contributed by atoms with Crippen molar-refractivity contribution in [2.45, 2.75) is 31.7 Å². The van der Waals surface area contributed by atoms with Gasteiger partial charge in [0.15, 0.2) is 5.65 Å². The molecule has 36 heavy (non-hydrogen) atoms. The Kier molecular flexibility index (Phi) is 5.54. The predicted molar refractivity (Wildman–Crippen MR) is 141 cm³/mol. The van der Waals surface area contributed by atoms with E-state index in [9.17, 15) is 0 Å². The topological polar surface area (TPSA) is 74.9 Å². The first-order valence-electron chi connectivity index (χ1n) is 12.9. The van der Waals surface area contributed by atoms with E-state index < -0.39 is 0 Å². The van der Waals surface area contributed by atoms with Gasteiger partial charge in [0.05, 0.1) is 40.9 Å². The lowest BCUT2D eigenvalue weighted by Gasteiger charge is -2.36. The Balaban J connectivity index is 1.33. The maximum absolute atomic E-state index is 6.66. The number of fused-ring (bicyclic) bond motifs is 2. The van der Waals surface area contributed by atoms with Gasteiger partial charge in [-0.3, -0.25) is 0 Å². The summed E-state index contributed by atoms with van der Waals surface area (Å²) in [6, 6.07) is 10.3. The summed E-state index contributed by atoms with van der Waals surface area (Å²) in [6.07, 6.45) is 6.12. The first kappa shape index (κ1) is 22.1. The number of benzene rings is 1. The van der Waals surface area contributed by atoms with Crippen molar-refractivity contribution in [1.29, 1.82) is 0 Å². The molecule has 0 spiro atoms. The summed E-state index contributed by atoms with van der Waals surface area (Å²) in [7, 11) is 0. The maximum atomic E-state index is 6.66. The van der Waals surface area contributed by atoms with E-state index in [1.54, 1.807) is 6.33 Å². The molecule has 0 N–H and O–H groups in total. The standard InChI is InChI=1S/C26H29ClN8O/c27-18-5-3-6-19-25(18)26(29-17-28-19)34-10-2-1-7-21(34)20-15-23-30-22(32-8-4-9-32)16-24(35(23)31-20)33-11-13-36-14-12-33/h3,5-6,15-17,21H,1-2,4,7-14H2. The van der Waals surface area contributed by atoms with Gasteiger partial charge in [0, 0.05) is 44.9 Å².